The van der Waals surface area contributed by atoms with Gasteiger partial charge < -0.3 is 9.84 Å². The van der Waals surface area contributed by atoms with E-state index in [-0.39, 0.29) is 23.5 Å². The average molecular weight is 500 g/mol. The third kappa shape index (κ3) is 6.35. The molecule has 0 unspecified atom stereocenters. The van der Waals surface area contributed by atoms with Gasteiger partial charge in [-0.15, -0.1) is 0 Å². The van der Waals surface area contributed by atoms with Gasteiger partial charge in [-0.1, -0.05) is 25.0 Å². The molecule has 12 heteroatoms. The van der Waals surface area contributed by atoms with Crippen LogP contribution in [0.15, 0.2) is 36.4 Å². The topological polar surface area (TPSA) is 46.5 Å². The van der Waals surface area contributed by atoms with Crippen LogP contribution in [0.2, 0.25) is 0 Å². The number of alkyl halides is 9. The van der Waals surface area contributed by atoms with Crippen LogP contribution >= 0.6 is 0 Å². The molecular formula is C22H17F9O3. The van der Waals surface area contributed by atoms with Gasteiger partial charge in [-0.3, -0.25) is 4.79 Å². The first-order valence-electron chi connectivity index (χ1n) is 9.91. The fourth-order valence-electron chi connectivity index (χ4n) is 3.49. The largest absolute Gasteiger partial charge is 0.483 e. The molecule has 186 valence electrons. The lowest BCUT2D eigenvalue weighted by molar-refractivity contribution is -0.158. The van der Waals surface area contributed by atoms with Crippen molar-refractivity contribution in [3.8, 4) is 16.9 Å². The molecule has 1 atom stereocenters. The van der Waals surface area contributed by atoms with Gasteiger partial charge in [0.15, 0.2) is 6.61 Å². The van der Waals surface area contributed by atoms with Crippen molar-refractivity contribution in [2.45, 2.75) is 43.7 Å². The summed E-state index contributed by atoms with van der Waals surface area (Å²) in [6.45, 7) is -2.09. The minimum atomic E-state index is -5.24. The van der Waals surface area contributed by atoms with Crippen molar-refractivity contribution in [2.24, 2.45) is 5.92 Å². The van der Waals surface area contributed by atoms with Gasteiger partial charge in [-0.2, -0.15) is 39.5 Å². The molecule has 3 nitrogen and oxygen atoms in total. The summed E-state index contributed by atoms with van der Waals surface area (Å²) in [5.41, 5.74) is -4.00. The second kappa shape index (κ2) is 9.03. The molecule has 0 saturated heterocycles. The summed E-state index contributed by atoms with van der Waals surface area (Å²) in [5, 5.41) is 9.58. The van der Waals surface area contributed by atoms with Crippen LogP contribution in [0.4, 0.5) is 39.5 Å². The van der Waals surface area contributed by atoms with E-state index in [9.17, 15) is 49.4 Å². The molecular weight excluding hydrogens is 483 g/mol. The number of hydrogen-bond acceptors (Lipinski definition) is 2. The van der Waals surface area contributed by atoms with Crippen molar-refractivity contribution in [1.82, 2.24) is 0 Å². The summed E-state index contributed by atoms with van der Waals surface area (Å²) in [6.07, 6.45) is -13.6. The predicted molar refractivity (Wildman–Crippen MR) is 101 cm³/mol. The molecule has 1 N–H and O–H groups in total. The first-order chi connectivity index (χ1) is 15.6. The van der Waals surface area contributed by atoms with Gasteiger partial charge in [-0.25, -0.2) is 0 Å². The van der Waals surface area contributed by atoms with Crippen LogP contribution in [0.5, 0.6) is 5.75 Å². The number of carboxylic acids is 1. The highest BCUT2D eigenvalue weighted by molar-refractivity contribution is 5.80. The monoisotopic (exact) mass is 500 g/mol. The number of ether oxygens (including phenoxy) is 1. The molecule has 0 aliphatic heterocycles. The van der Waals surface area contributed by atoms with E-state index in [1.54, 1.807) is 0 Å². The molecule has 1 fully saturated rings. The van der Waals surface area contributed by atoms with E-state index >= 15 is 0 Å². The summed E-state index contributed by atoms with van der Waals surface area (Å²) >= 11 is 0. The van der Waals surface area contributed by atoms with Gasteiger partial charge in [0.2, 0.25) is 0 Å². The second-order valence-electron chi connectivity index (χ2n) is 7.99. The number of hydrogen-bond donors (Lipinski definition) is 1. The van der Waals surface area contributed by atoms with E-state index < -0.39 is 59.5 Å². The van der Waals surface area contributed by atoms with Gasteiger partial charge in [0, 0.05) is 5.56 Å². The highest BCUT2D eigenvalue weighted by Gasteiger charge is 2.40. The molecule has 0 spiro atoms. The Morgan fingerprint density at radius 3 is 1.97 bits per heavy atom. The van der Waals surface area contributed by atoms with Gasteiger partial charge in [-0.05, 0) is 47.7 Å². The van der Waals surface area contributed by atoms with E-state index in [2.05, 4.69) is 4.74 Å². The van der Waals surface area contributed by atoms with Crippen LogP contribution in [0.3, 0.4) is 0 Å². The minimum Gasteiger partial charge on any atom is -0.483 e. The number of benzene rings is 2. The van der Waals surface area contributed by atoms with Gasteiger partial charge in [0.05, 0.1) is 17.0 Å². The fraction of sp³-hybridized carbons (Fsp3) is 0.409. The highest BCUT2D eigenvalue weighted by atomic mass is 19.4. The van der Waals surface area contributed by atoms with E-state index in [4.69, 9.17) is 0 Å². The molecule has 2 aromatic carbocycles. The molecule has 1 aliphatic rings. The smallest absolute Gasteiger partial charge is 0.422 e. The molecule has 3 rings (SSSR count). The summed E-state index contributed by atoms with van der Waals surface area (Å²) in [7, 11) is 0. The Labute approximate surface area is 187 Å². The van der Waals surface area contributed by atoms with Crippen LogP contribution in [0.25, 0.3) is 11.1 Å². The second-order valence-corrected chi connectivity index (χ2v) is 7.99. The number of halogens is 9. The van der Waals surface area contributed by atoms with E-state index in [0.717, 1.165) is 18.2 Å². The minimum absolute atomic E-state index is 0.0157. The van der Waals surface area contributed by atoms with Gasteiger partial charge in [0.25, 0.3) is 0 Å². The third-order valence-corrected chi connectivity index (χ3v) is 5.29. The molecule has 0 bridgehead atoms. The normalized spacial score (nSPS) is 15.8. The first kappa shape index (κ1) is 25.7. The molecule has 0 aromatic heterocycles. The molecule has 0 radical (unpaired) electrons. The molecule has 1 aliphatic carbocycles. The van der Waals surface area contributed by atoms with Crippen molar-refractivity contribution in [2.75, 3.05) is 6.61 Å². The van der Waals surface area contributed by atoms with Crippen LogP contribution in [-0.4, -0.2) is 23.9 Å². The molecule has 0 amide bonds. The number of carboxylic acid groups (broad SMARTS) is 1. The summed E-state index contributed by atoms with van der Waals surface area (Å²) in [5.74, 6) is -4.09. The van der Waals surface area contributed by atoms with Crippen LogP contribution < -0.4 is 4.74 Å². The van der Waals surface area contributed by atoms with Crippen molar-refractivity contribution in [1.29, 1.82) is 0 Å². The Balaban J connectivity index is 2.22. The standard InChI is InChI=1S/C22H17F9O3/c23-20(24,25)10-34-18-15(12-3-5-14(6-4-12)21(26,27)28)8-13(9-17(18)22(29,30)31)16(19(32)33)7-11-1-2-11/h3-6,8-9,11,16H,1-2,7,10H2,(H,32,33)/t16-/m1/s1. The Morgan fingerprint density at radius 1 is 0.941 bits per heavy atom. The zero-order valence-electron chi connectivity index (χ0n) is 17.1. The first-order valence-corrected chi connectivity index (χ1v) is 9.91. The highest BCUT2D eigenvalue weighted by Crippen LogP contribution is 2.47. The van der Waals surface area contributed by atoms with Crippen molar-refractivity contribution in [3.05, 3.63) is 53.1 Å². The average Bonchev–Trinajstić information content (AvgIpc) is 3.52. The van der Waals surface area contributed by atoms with Gasteiger partial charge in [0.1, 0.15) is 5.75 Å². The van der Waals surface area contributed by atoms with Crippen LogP contribution in [-0.2, 0) is 17.1 Å². The maximum absolute atomic E-state index is 13.8. The Kier molecular flexibility index (Phi) is 6.82. The van der Waals surface area contributed by atoms with Crippen molar-refractivity contribution < 1.29 is 54.2 Å². The van der Waals surface area contributed by atoms with Crippen molar-refractivity contribution in [3.63, 3.8) is 0 Å². The summed E-state index contributed by atoms with van der Waals surface area (Å²) < 4.78 is 123. The predicted octanol–water partition coefficient (Wildman–Crippen LogP) is 7.30. The number of carbonyl (C=O) groups is 1. The van der Waals surface area contributed by atoms with Gasteiger partial charge >= 0.3 is 24.5 Å². The van der Waals surface area contributed by atoms with Crippen LogP contribution in [0.1, 0.15) is 41.9 Å². The lowest BCUT2D eigenvalue weighted by atomic mass is 9.88. The third-order valence-electron chi connectivity index (χ3n) is 5.29. The SMILES string of the molecule is O=C(O)[C@H](CC1CC1)c1cc(-c2ccc(C(F)(F)F)cc2)c(OCC(F)(F)F)c(C(F)(F)F)c1. The molecule has 1 saturated carbocycles. The Hall–Kier alpha value is -2.92. The maximum atomic E-state index is 13.8. The Morgan fingerprint density at radius 2 is 1.53 bits per heavy atom. The van der Waals surface area contributed by atoms with E-state index in [1.165, 1.54) is 0 Å². The maximum Gasteiger partial charge on any atom is 0.422 e. The lowest BCUT2D eigenvalue weighted by Gasteiger charge is -2.22. The molecule has 0 heterocycles. The fourth-order valence-corrected chi connectivity index (χ4v) is 3.49. The van der Waals surface area contributed by atoms with E-state index in [0.29, 0.717) is 31.0 Å². The zero-order chi connectivity index (χ0) is 25.5. The molecule has 34 heavy (non-hydrogen) atoms. The van der Waals surface area contributed by atoms with Crippen LogP contribution in [0, 0.1) is 5.92 Å². The quantitative estimate of drug-likeness (QED) is 0.406. The van der Waals surface area contributed by atoms with Crippen molar-refractivity contribution >= 4 is 5.97 Å². The summed E-state index contributed by atoms with van der Waals surface area (Å²) in [6, 6.07) is 4.06. The zero-order valence-corrected chi connectivity index (χ0v) is 17.1. The number of aliphatic carboxylic acids is 1. The van der Waals surface area contributed by atoms with E-state index in [1.807, 2.05) is 0 Å². The Bertz CT molecular complexity index is 1030. The number of rotatable bonds is 7. The lowest BCUT2D eigenvalue weighted by Crippen LogP contribution is -2.22. The summed E-state index contributed by atoms with van der Waals surface area (Å²) in [4.78, 5) is 11.8. The molecule has 2 aromatic rings.